The Morgan fingerprint density at radius 3 is 1.45 bits per heavy atom. The highest BCUT2D eigenvalue weighted by Gasteiger charge is 2.24. The van der Waals surface area contributed by atoms with Crippen LogP contribution in [0.2, 0.25) is 0 Å². The van der Waals surface area contributed by atoms with Crippen LogP contribution in [0.5, 0.6) is 0 Å². The van der Waals surface area contributed by atoms with E-state index in [1.165, 1.54) is 70.6 Å². The second-order valence-electron chi connectivity index (χ2n) is 17.3. The van der Waals surface area contributed by atoms with Gasteiger partial charge in [0.15, 0.2) is 0 Å². The summed E-state index contributed by atoms with van der Waals surface area (Å²) in [7, 11) is 0. The number of rotatable bonds is 45. The van der Waals surface area contributed by atoms with Gasteiger partial charge in [0.1, 0.15) is 6.10 Å². The Kier molecular flexibility index (Phi) is 48.3. The van der Waals surface area contributed by atoms with Gasteiger partial charge in [0.25, 0.3) is 0 Å². The number of esters is 1. The van der Waals surface area contributed by atoms with Crippen molar-refractivity contribution in [3.63, 3.8) is 0 Å². The Labute approximate surface area is 400 Å². The Morgan fingerprint density at radius 1 is 0.477 bits per heavy atom. The Bertz CT molecular complexity index is 1380. The number of aliphatic hydroxyl groups is 2. The lowest BCUT2D eigenvalue weighted by Gasteiger charge is -2.24. The number of unbranched alkanes of at least 4 members (excludes halogenated alkanes) is 17. The van der Waals surface area contributed by atoms with Crippen LogP contribution in [0, 0.1) is 0 Å². The number of nitrogens with one attached hydrogen (secondary N) is 1. The molecule has 1 amide bonds. The first-order valence-corrected chi connectivity index (χ1v) is 26.3. The second kappa shape index (κ2) is 51.2. The lowest BCUT2D eigenvalue weighted by molar-refractivity contribution is -0.151. The molecule has 6 nitrogen and oxygen atoms in total. The second-order valence-corrected chi connectivity index (χ2v) is 17.3. The van der Waals surface area contributed by atoms with Gasteiger partial charge in [-0.05, 0) is 83.5 Å². The van der Waals surface area contributed by atoms with E-state index < -0.39 is 18.2 Å². The van der Waals surface area contributed by atoms with E-state index in [4.69, 9.17) is 4.74 Å². The number of hydrogen-bond acceptors (Lipinski definition) is 5. The maximum Gasteiger partial charge on any atom is 0.306 e. The van der Waals surface area contributed by atoms with Gasteiger partial charge in [0, 0.05) is 6.42 Å². The van der Waals surface area contributed by atoms with Gasteiger partial charge in [-0.3, -0.25) is 9.59 Å². The average molecular weight is 900 g/mol. The molecule has 65 heavy (non-hydrogen) atoms. The monoisotopic (exact) mass is 900 g/mol. The van der Waals surface area contributed by atoms with Gasteiger partial charge in [-0.1, -0.05) is 239 Å². The molecule has 0 aliphatic heterocycles. The molecule has 0 spiro atoms. The largest absolute Gasteiger partial charge is 0.462 e. The maximum absolute atomic E-state index is 13.2. The molecule has 6 heteroatoms. The van der Waals surface area contributed by atoms with Crippen LogP contribution >= 0.6 is 0 Å². The van der Waals surface area contributed by atoms with E-state index in [1.54, 1.807) is 0 Å². The van der Waals surface area contributed by atoms with Crippen molar-refractivity contribution < 1.29 is 24.5 Å². The third-order valence-electron chi connectivity index (χ3n) is 11.2. The van der Waals surface area contributed by atoms with Gasteiger partial charge in [-0.25, -0.2) is 0 Å². The van der Waals surface area contributed by atoms with Crippen molar-refractivity contribution in [1.29, 1.82) is 0 Å². The van der Waals surface area contributed by atoms with Gasteiger partial charge in [0.05, 0.1) is 25.2 Å². The van der Waals surface area contributed by atoms with Gasteiger partial charge in [-0.2, -0.15) is 0 Å². The molecule has 0 fully saturated rings. The average Bonchev–Trinajstić information content (AvgIpc) is 3.30. The standard InChI is InChI=1S/C59H97NO5/c1-4-7-10-13-16-19-22-25-28-29-31-32-35-38-41-44-47-50-55(65-59(64)52-49-46-43-40-37-34-30-26-23-20-17-14-11-8-5-2)53-58(63)60-56(54-61)57(62)51-48-45-42-39-36-33-27-24-21-18-15-12-9-6-3/h7-8,10-11,14,16-17,19-20,23,25-26,28,30-32,34,37-38,41,55-57,61-62H,4-6,9,12-13,15,18,21-22,24,27,29,33,35-36,39-40,42-54H2,1-3H3,(H,60,63)/b10-7-,11-8+,17-14+,19-16-,23-20-,28-25-,30-26-,32-31-,37-34+,41-38-. The summed E-state index contributed by atoms with van der Waals surface area (Å²) in [6, 6.07) is -0.738. The van der Waals surface area contributed by atoms with Crippen LogP contribution in [0.3, 0.4) is 0 Å². The molecule has 0 aromatic heterocycles. The van der Waals surface area contributed by atoms with Crippen LogP contribution in [0.4, 0.5) is 0 Å². The van der Waals surface area contributed by atoms with Crippen molar-refractivity contribution in [3.05, 3.63) is 122 Å². The molecule has 0 radical (unpaired) electrons. The number of carbonyl (C=O) groups is 2. The highest BCUT2D eigenvalue weighted by molar-refractivity contribution is 5.77. The topological polar surface area (TPSA) is 95.9 Å². The number of carbonyl (C=O) groups excluding carboxylic acids is 2. The summed E-state index contributed by atoms with van der Waals surface area (Å²) < 4.78 is 5.89. The van der Waals surface area contributed by atoms with E-state index in [1.807, 2.05) is 42.5 Å². The summed E-state index contributed by atoms with van der Waals surface area (Å²) in [6.07, 6.45) is 71.1. The van der Waals surface area contributed by atoms with Crippen LogP contribution in [-0.4, -0.2) is 46.9 Å². The van der Waals surface area contributed by atoms with Crippen molar-refractivity contribution >= 4 is 11.9 Å². The molecule has 0 aromatic carbocycles. The fraction of sp³-hybridized carbons (Fsp3) is 0.627. The molecule has 0 saturated carbocycles. The molecule has 3 unspecified atom stereocenters. The number of ether oxygens (including phenoxy) is 1. The first kappa shape index (κ1) is 61.3. The van der Waals surface area contributed by atoms with Crippen molar-refractivity contribution in [3.8, 4) is 0 Å². The smallest absolute Gasteiger partial charge is 0.306 e. The van der Waals surface area contributed by atoms with E-state index in [2.05, 4.69) is 105 Å². The molecule has 3 atom stereocenters. The molecule has 0 saturated heterocycles. The van der Waals surface area contributed by atoms with Gasteiger partial charge < -0.3 is 20.3 Å². The summed E-state index contributed by atoms with van der Waals surface area (Å²) >= 11 is 0. The summed E-state index contributed by atoms with van der Waals surface area (Å²) in [5.41, 5.74) is 0. The molecule has 0 bridgehead atoms. The molecule has 0 rings (SSSR count). The van der Waals surface area contributed by atoms with Crippen LogP contribution in [0.15, 0.2) is 122 Å². The minimum Gasteiger partial charge on any atom is -0.462 e. The number of hydrogen-bond donors (Lipinski definition) is 3. The van der Waals surface area contributed by atoms with E-state index in [-0.39, 0.29) is 24.9 Å². The minimum absolute atomic E-state index is 0.0131. The first-order valence-electron chi connectivity index (χ1n) is 26.3. The molecular weight excluding hydrogens is 803 g/mol. The maximum atomic E-state index is 13.2. The molecule has 368 valence electrons. The lowest BCUT2D eigenvalue weighted by atomic mass is 10.0. The van der Waals surface area contributed by atoms with E-state index in [0.717, 1.165) is 96.3 Å². The third kappa shape index (κ3) is 46.6. The molecular formula is C59H97NO5. The van der Waals surface area contributed by atoms with Crippen LogP contribution < -0.4 is 5.32 Å². The summed E-state index contributed by atoms with van der Waals surface area (Å²) in [5, 5.41) is 23.8. The number of amides is 1. The molecule has 3 N–H and O–H groups in total. The van der Waals surface area contributed by atoms with Crippen molar-refractivity contribution in [2.24, 2.45) is 0 Å². The van der Waals surface area contributed by atoms with E-state index >= 15 is 0 Å². The molecule has 0 heterocycles. The quantitative estimate of drug-likeness (QED) is 0.0245. The van der Waals surface area contributed by atoms with Gasteiger partial charge in [-0.15, -0.1) is 0 Å². The highest BCUT2D eigenvalue weighted by Crippen LogP contribution is 2.16. The predicted molar refractivity (Wildman–Crippen MR) is 282 cm³/mol. The zero-order valence-corrected chi connectivity index (χ0v) is 41.8. The predicted octanol–water partition coefficient (Wildman–Crippen LogP) is 16.1. The van der Waals surface area contributed by atoms with Crippen molar-refractivity contribution in [2.45, 2.75) is 232 Å². The van der Waals surface area contributed by atoms with Gasteiger partial charge in [0.2, 0.25) is 5.91 Å². The fourth-order valence-corrected chi connectivity index (χ4v) is 7.25. The van der Waals surface area contributed by atoms with Crippen molar-refractivity contribution in [1.82, 2.24) is 5.32 Å². The van der Waals surface area contributed by atoms with Crippen molar-refractivity contribution in [2.75, 3.05) is 6.61 Å². The Balaban J connectivity index is 4.80. The van der Waals surface area contributed by atoms with Crippen LogP contribution in [-0.2, 0) is 14.3 Å². The SMILES string of the molecule is CC/C=C\C/C=C\C/C=C\C/C=C\C/C=C\CCCC(CC(=O)NC(CO)C(O)CCCCCCCCCCCCCCCC)OC(=O)CCCCC/C=C/C=C\C=C/C=C/C=C/CC. The molecule has 0 aliphatic carbocycles. The normalized spacial score (nSPS) is 14.2. The summed E-state index contributed by atoms with van der Waals surface area (Å²) in [6.45, 7) is 6.19. The summed E-state index contributed by atoms with van der Waals surface area (Å²) in [5.74, 6) is -0.590. The van der Waals surface area contributed by atoms with Crippen LogP contribution in [0.25, 0.3) is 0 Å². The minimum atomic E-state index is -0.819. The zero-order valence-electron chi connectivity index (χ0n) is 41.8. The molecule has 0 aliphatic rings. The first-order chi connectivity index (χ1) is 32.0. The van der Waals surface area contributed by atoms with Gasteiger partial charge >= 0.3 is 5.97 Å². The van der Waals surface area contributed by atoms with E-state index in [9.17, 15) is 19.8 Å². The highest BCUT2D eigenvalue weighted by atomic mass is 16.5. The fourth-order valence-electron chi connectivity index (χ4n) is 7.25. The van der Waals surface area contributed by atoms with E-state index in [0.29, 0.717) is 19.3 Å². The lowest BCUT2D eigenvalue weighted by Crippen LogP contribution is -2.46. The number of aliphatic hydroxyl groups excluding tert-OH is 2. The third-order valence-corrected chi connectivity index (χ3v) is 11.2. The zero-order chi connectivity index (χ0) is 47.4. The number of allylic oxidation sites excluding steroid dienone is 20. The molecule has 0 aromatic rings. The summed E-state index contributed by atoms with van der Waals surface area (Å²) in [4.78, 5) is 26.2. The Morgan fingerprint density at radius 2 is 0.923 bits per heavy atom. The van der Waals surface area contributed by atoms with Crippen LogP contribution in [0.1, 0.15) is 213 Å². The Hall–Kier alpha value is -3.74.